The normalized spacial score (nSPS) is 13.4. The van der Waals surface area contributed by atoms with E-state index in [0.717, 1.165) is 12.8 Å². The monoisotopic (exact) mass is 328 g/mol. The summed E-state index contributed by atoms with van der Waals surface area (Å²) >= 11 is -1.10. The van der Waals surface area contributed by atoms with Crippen LogP contribution in [0.2, 0.25) is 0 Å². The summed E-state index contributed by atoms with van der Waals surface area (Å²) in [4.78, 5) is 0. The van der Waals surface area contributed by atoms with Crippen LogP contribution in [0.3, 0.4) is 0 Å². The number of rotatable bonds is 16. The zero-order valence-corrected chi connectivity index (χ0v) is 15.5. The van der Waals surface area contributed by atoms with E-state index >= 15 is 0 Å². The maximum absolute atomic E-state index is 10.7. The van der Waals surface area contributed by atoms with Gasteiger partial charge in [0.2, 0.25) is 0 Å². The topological polar surface area (TPSA) is 26.3 Å². The fourth-order valence-corrected chi connectivity index (χ4v) is 2.62. The minimum Gasteiger partial charge on any atom is -0.291 e. The molecule has 22 heavy (non-hydrogen) atoms. The van der Waals surface area contributed by atoms with Crippen LogP contribution in [0.15, 0.2) is 24.3 Å². The molecule has 0 aliphatic carbocycles. The Kier molecular flexibility index (Phi) is 18.3. The van der Waals surface area contributed by atoms with Gasteiger partial charge < -0.3 is 0 Å². The zero-order valence-electron chi connectivity index (χ0n) is 14.7. The average Bonchev–Trinajstić information content (AvgIpc) is 2.50. The lowest BCUT2D eigenvalue weighted by molar-refractivity contribution is 0.334. The van der Waals surface area contributed by atoms with E-state index in [-0.39, 0.29) is 0 Å². The molecular formula is C19H36O2S. The Labute approximate surface area is 141 Å². The van der Waals surface area contributed by atoms with E-state index in [9.17, 15) is 4.21 Å². The first kappa shape index (κ1) is 21.6. The summed E-state index contributed by atoms with van der Waals surface area (Å²) in [7, 11) is 0. The molecule has 0 aromatic rings. The molecule has 2 nitrogen and oxygen atoms in total. The number of hydrogen-bond acceptors (Lipinski definition) is 2. The second kappa shape index (κ2) is 18.6. The van der Waals surface area contributed by atoms with E-state index in [1.807, 2.05) is 0 Å². The highest BCUT2D eigenvalue weighted by Gasteiger charge is 1.93. The van der Waals surface area contributed by atoms with Crippen molar-refractivity contribution >= 4 is 11.1 Å². The first-order chi connectivity index (χ1) is 10.8. The van der Waals surface area contributed by atoms with E-state index in [2.05, 4.69) is 31.2 Å². The van der Waals surface area contributed by atoms with Crippen molar-refractivity contribution in [1.29, 1.82) is 0 Å². The van der Waals surface area contributed by atoms with Gasteiger partial charge in [-0.2, -0.15) is 0 Å². The van der Waals surface area contributed by atoms with Crippen molar-refractivity contribution in [2.75, 3.05) is 12.9 Å². The maximum atomic E-state index is 10.7. The molecule has 0 aromatic carbocycles. The van der Waals surface area contributed by atoms with Crippen molar-refractivity contribution in [3.05, 3.63) is 24.3 Å². The smallest absolute Gasteiger partial charge is 0.152 e. The van der Waals surface area contributed by atoms with Gasteiger partial charge in [0.1, 0.15) is 0 Å². The standard InChI is InChI=1S/C19H36O2S/c1-3-4-5-6-7-8-9-10-11-12-13-14-15-16-17-18-19-21-22(2)20/h7-8,10-11H,3-6,9,12-19H2,1-2H3/b8-7-,11-10-. The Balaban J connectivity index is 3.15. The number of unbranched alkanes of at least 4 members (excludes halogenated alkanes) is 9. The van der Waals surface area contributed by atoms with Crippen LogP contribution in [0.1, 0.15) is 84.0 Å². The van der Waals surface area contributed by atoms with Crippen molar-refractivity contribution in [2.24, 2.45) is 0 Å². The van der Waals surface area contributed by atoms with Crippen LogP contribution in [0.5, 0.6) is 0 Å². The molecule has 0 radical (unpaired) electrons. The summed E-state index contributed by atoms with van der Waals surface area (Å²) < 4.78 is 15.7. The van der Waals surface area contributed by atoms with Gasteiger partial charge in [0.05, 0.1) is 6.61 Å². The Morgan fingerprint density at radius 3 is 1.91 bits per heavy atom. The molecule has 0 rings (SSSR count). The van der Waals surface area contributed by atoms with Gasteiger partial charge in [-0.25, -0.2) is 4.21 Å². The van der Waals surface area contributed by atoms with Crippen molar-refractivity contribution in [3.8, 4) is 0 Å². The number of hydrogen-bond donors (Lipinski definition) is 0. The van der Waals surface area contributed by atoms with E-state index in [1.54, 1.807) is 6.26 Å². The van der Waals surface area contributed by atoms with Crippen molar-refractivity contribution < 1.29 is 8.39 Å². The summed E-state index contributed by atoms with van der Waals surface area (Å²) in [5, 5.41) is 0. The molecule has 0 saturated carbocycles. The first-order valence-corrected chi connectivity index (χ1v) is 10.5. The van der Waals surface area contributed by atoms with E-state index in [0.29, 0.717) is 6.61 Å². The minimum atomic E-state index is -1.10. The number of allylic oxidation sites excluding steroid dienone is 4. The molecule has 0 aliphatic heterocycles. The van der Waals surface area contributed by atoms with Crippen LogP contribution in [0, 0.1) is 0 Å². The summed E-state index contributed by atoms with van der Waals surface area (Å²) in [6.45, 7) is 2.88. The molecule has 0 aromatic heterocycles. The van der Waals surface area contributed by atoms with Crippen molar-refractivity contribution in [3.63, 3.8) is 0 Å². The Hall–Kier alpha value is -0.410. The molecule has 0 aliphatic rings. The molecule has 0 fully saturated rings. The van der Waals surface area contributed by atoms with Gasteiger partial charge in [-0.05, 0) is 38.5 Å². The van der Waals surface area contributed by atoms with Gasteiger partial charge in [-0.3, -0.25) is 4.18 Å². The third-order valence-corrected chi connectivity index (χ3v) is 4.09. The highest BCUT2D eigenvalue weighted by atomic mass is 32.2. The quantitative estimate of drug-likeness (QED) is 0.252. The summed E-state index contributed by atoms with van der Waals surface area (Å²) in [6.07, 6.45) is 25.7. The van der Waals surface area contributed by atoms with Crippen LogP contribution >= 0.6 is 0 Å². The molecule has 0 N–H and O–H groups in total. The lowest BCUT2D eigenvalue weighted by atomic mass is 10.1. The van der Waals surface area contributed by atoms with E-state index in [1.165, 1.54) is 64.2 Å². The molecule has 3 heteroatoms. The summed E-state index contributed by atoms with van der Waals surface area (Å²) in [5.41, 5.74) is 0. The molecule has 0 saturated heterocycles. The molecule has 0 heterocycles. The molecule has 1 atom stereocenters. The van der Waals surface area contributed by atoms with E-state index < -0.39 is 11.1 Å². The summed E-state index contributed by atoms with van der Waals surface area (Å²) in [5.74, 6) is 0. The lowest BCUT2D eigenvalue weighted by Gasteiger charge is -2.01. The van der Waals surface area contributed by atoms with Gasteiger partial charge in [0, 0.05) is 6.26 Å². The molecule has 0 spiro atoms. The average molecular weight is 329 g/mol. The molecule has 1 unspecified atom stereocenters. The fourth-order valence-electron chi connectivity index (χ4n) is 2.27. The Morgan fingerprint density at radius 2 is 1.32 bits per heavy atom. The SMILES string of the molecule is CCCCC/C=C\C/C=C\CCCCCCCCOS(C)=O. The van der Waals surface area contributed by atoms with Crippen LogP contribution in [-0.4, -0.2) is 17.1 Å². The molecule has 0 bridgehead atoms. The van der Waals surface area contributed by atoms with Crippen LogP contribution in [-0.2, 0) is 15.3 Å². The fraction of sp³-hybridized carbons (Fsp3) is 0.789. The Morgan fingerprint density at radius 1 is 0.773 bits per heavy atom. The largest absolute Gasteiger partial charge is 0.291 e. The second-order valence-electron chi connectivity index (χ2n) is 5.81. The highest BCUT2D eigenvalue weighted by molar-refractivity contribution is 7.79. The van der Waals surface area contributed by atoms with Gasteiger partial charge in [0.15, 0.2) is 11.1 Å². The van der Waals surface area contributed by atoms with Gasteiger partial charge >= 0.3 is 0 Å². The molecule has 130 valence electrons. The highest BCUT2D eigenvalue weighted by Crippen LogP contribution is 2.08. The van der Waals surface area contributed by atoms with Crippen LogP contribution in [0.25, 0.3) is 0 Å². The summed E-state index contributed by atoms with van der Waals surface area (Å²) in [6, 6.07) is 0. The van der Waals surface area contributed by atoms with Gasteiger partial charge in [-0.1, -0.05) is 69.8 Å². The first-order valence-electron chi connectivity index (χ1n) is 9.04. The van der Waals surface area contributed by atoms with Crippen LogP contribution in [0.4, 0.5) is 0 Å². The minimum absolute atomic E-state index is 0.637. The Bertz CT molecular complexity index is 298. The van der Waals surface area contributed by atoms with E-state index in [4.69, 9.17) is 4.18 Å². The van der Waals surface area contributed by atoms with Gasteiger partial charge in [-0.15, -0.1) is 0 Å². The van der Waals surface area contributed by atoms with Crippen LogP contribution < -0.4 is 0 Å². The zero-order chi connectivity index (χ0) is 16.3. The van der Waals surface area contributed by atoms with Gasteiger partial charge in [0.25, 0.3) is 0 Å². The molecule has 0 amide bonds. The third kappa shape index (κ3) is 19.6. The third-order valence-electron chi connectivity index (χ3n) is 3.59. The van der Waals surface area contributed by atoms with Crippen molar-refractivity contribution in [2.45, 2.75) is 84.0 Å². The molecular weight excluding hydrogens is 292 g/mol. The van der Waals surface area contributed by atoms with Crippen molar-refractivity contribution in [1.82, 2.24) is 0 Å². The maximum Gasteiger partial charge on any atom is 0.152 e. The lowest BCUT2D eigenvalue weighted by Crippen LogP contribution is -1.96. The second-order valence-corrected chi connectivity index (χ2v) is 6.85. The predicted molar refractivity (Wildman–Crippen MR) is 99.4 cm³/mol. The predicted octanol–water partition coefficient (Wildman–Crippen LogP) is 6.11.